The molecule has 2 aromatic heterocycles. The van der Waals surface area contributed by atoms with Crippen LogP contribution in [0.5, 0.6) is 0 Å². The summed E-state index contributed by atoms with van der Waals surface area (Å²) in [6.45, 7) is -0.193. The molecule has 28 heavy (non-hydrogen) atoms. The number of aromatic nitrogens is 4. The molecule has 0 saturated heterocycles. The second-order valence-electron chi connectivity index (χ2n) is 5.98. The summed E-state index contributed by atoms with van der Waals surface area (Å²) in [5, 5.41) is 4.14. The molecular weight excluding hydrogens is 384 g/mol. The van der Waals surface area contributed by atoms with E-state index in [1.165, 1.54) is 35.8 Å². The third-order valence-electron chi connectivity index (χ3n) is 4.01. The lowest BCUT2D eigenvalue weighted by Gasteiger charge is -2.05. The molecule has 9 nitrogen and oxygen atoms in total. The lowest BCUT2D eigenvalue weighted by molar-refractivity contribution is -0.121. The molecule has 0 radical (unpaired) electrons. The fourth-order valence-electron chi connectivity index (χ4n) is 2.62. The van der Waals surface area contributed by atoms with Crippen LogP contribution in [0, 0.1) is 0 Å². The van der Waals surface area contributed by atoms with Crippen LogP contribution in [0.15, 0.2) is 56.4 Å². The summed E-state index contributed by atoms with van der Waals surface area (Å²) in [7, 11) is 2.87. The molecule has 0 aliphatic carbocycles. The summed E-state index contributed by atoms with van der Waals surface area (Å²) >= 11 is 6.06. The van der Waals surface area contributed by atoms with Crippen LogP contribution >= 0.6 is 11.6 Å². The first-order chi connectivity index (χ1) is 13.4. The molecule has 3 rings (SSSR count). The van der Waals surface area contributed by atoms with E-state index in [-0.39, 0.29) is 17.7 Å². The van der Waals surface area contributed by atoms with Crippen molar-refractivity contribution < 1.29 is 4.79 Å². The predicted octanol–water partition coefficient (Wildman–Crippen LogP) is 0.816. The Bertz CT molecular complexity index is 1200. The van der Waals surface area contributed by atoms with Gasteiger partial charge in [-0.05, 0) is 11.6 Å². The van der Waals surface area contributed by atoms with E-state index in [9.17, 15) is 14.4 Å². The van der Waals surface area contributed by atoms with E-state index in [2.05, 4.69) is 15.5 Å². The summed E-state index contributed by atoms with van der Waals surface area (Å²) in [6, 6.07) is 9.42. The van der Waals surface area contributed by atoms with Gasteiger partial charge in [-0.25, -0.2) is 15.2 Å². The van der Waals surface area contributed by atoms with Gasteiger partial charge in [0.05, 0.1) is 17.6 Å². The molecule has 2 heterocycles. The first-order valence-corrected chi connectivity index (χ1v) is 8.61. The first-order valence-electron chi connectivity index (χ1n) is 8.23. The van der Waals surface area contributed by atoms with E-state index in [4.69, 9.17) is 11.6 Å². The van der Waals surface area contributed by atoms with Crippen LogP contribution in [0.4, 0.5) is 0 Å². The summed E-state index contributed by atoms with van der Waals surface area (Å²) in [5.41, 5.74) is 2.59. The number of amides is 1. The second-order valence-corrected chi connectivity index (χ2v) is 6.42. The number of hydrogen-bond donors (Lipinski definition) is 1. The van der Waals surface area contributed by atoms with Gasteiger partial charge in [0.1, 0.15) is 6.54 Å². The summed E-state index contributed by atoms with van der Waals surface area (Å²) in [4.78, 5) is 40.5. The van der Waals surface area contributed by atoms with Gasteiger partial charge in [0, 0.05) is 14.1 Å². The van der Waals surface area contributed by atoms with Crippen molar-refractivity contribution in [1.29, 1.82) is 0 Å². The molecule has 0 atom stereocenters. The molecule has 0 aliphatic rings. The number of benzene rings is 1. The molecule has 0 saturated carbocycles. The molecule has 0 fully saturated rings. The molecule has 10 heteroatoms. The number of nitrogens with zero attached hydrogens (tertiary/aromatic N) is 5. The average molecular weight is 401 g/mol. The van der Waals surface area contributed by atoms with Crippen molar-refractivity contribution in [3.63, 3.8) is 0 Å². The van der Waals surface area contributed by atoms with Crippen LogP contribution in [0.1, 0.15) is 5.56 Å². The average Bonchev–Trinajstić information content (AvgIpc) is 3.09. The van der Waals surface area contributed by atoms with Crippen LogP contribution in [0.25, 0.3) is 17.2 Å². The second kappa shape index (κ2) is 8.05. The highest BCUT2D eigenvalue weighted by Crippen LogP contribution is 2.08. The van der Waals surface area contributed by atoms with Gasteiger partial charge in [0.2, 0.25) is 0 Å². The third-order valence-corrected chi connectivity index (χ3v) is 4.22. The minimum absolute atomic E-state index is 0.158. The Kier molecular flexibility index (Phi) is 5.55. The number of aryl methyl sites for hydroxylation is 1. The van der Waals surface area contributed by atoms with Crippen LogP contribution in [0.2, 0.25) is 0 Å². The highest BCUT2D eigenvalue weighted by Gasteiger charge is 2.15. The van der Waals surface area contributed by atoms with Gasteiger partial charge in [0.25, 0.3) is 11.5 Å². The minimum atomic E-state index is -0.527. The fourth-order valence-corrected chi connectivity index (χ4v) is 2.79. The normalized spacial score (nSPS) is 12.0. The molecule has 0 unspecified atom stereocenters. The zero-order chi connectivity index (χ0) is 20.3. The highest BCUT2D eigenvalue weighted by atomic mass is 35.5. The molecule has 0 aliphatic heterocycles. The number of rotatable bonds is 5. The van der Waals surface area contributed by atoms with E-state index in [1.54, 1.807) is 6.08 Å². The van der Waals surface area contributed by atoms with E-state index >= 15 is 0 Å². The van der Waals surface area contributed by atoms with Gasteiger partial charge in [-0.15, -0.1) is 0 Å². The van der Waals surface area contributed by atoms with Crippen molar-refractivity contribution in [1.82, 2.24) is 24.1 Å². The Morgan fingerprint density at radius 1 is 1.21 bits per heavy atom. The Morgan fingerprint density at radius 3 is 2.64 bits per heavy atom. The molecule has 1 amide bonds. The van der Waals surface area contributed by atoms with Crippen LogP contribution < -0.4 is 16.7 Å². The quantitative estimate of drug-likeness (QED) is 0.505. The summed E-state index contributed by atoms with van der Waals surface area (Å²) in [5.74, 6) is -0.476. The molecular formula is C18H17ClN6O3. The largest absolute Gasteiger partial charge is 0.332 e. The van der Waals surface area contributed by atoms with E-state index in [0.29, 0.717) is 5.03 Å². The van der Waals surface area contributed by atoms with Gasteiger partial charge < -0.3 is 4.57 Å². The highest BCUT2D eigenvalue weighted by molar-refractivity contribution is 6.41. The number of allylic oxidation sites excluding steroid dienone is 1. The van der Waals surface area contributed by atoms with Crippen LogP contribution in [-0.4, -0.2) is 30.8 Å². The third kappa shape index (κ3) is 3.94. The number of nitrogens with one attached hydrogen (secondary N) is 1. The lowest BCUT2D eigenvalue weighted by Crippen LogP contribution is -2.38. The zero-order valence-electron chi connectivity index (χ0n) is 15.2. The summed E-state index contributed by atoms with van der Waals surface area (Å²) in [6.07, 6.45) is 4.34. The SMILES string of the molecule is Cn1c(=O)c2c(ncn2CC(=O)NN=C/C(Cl)=C/c2ccccc2)n(C)c1=O. The van der Waals surface area contributed by atoms with Crippen molar-refractivity contribution in [3.8, 4) is 0 Å². The van der Waals surface area contributed by atoms with Crippen molar-refractivity contribution >= 4 is 41.0 Å². The summed E-state index contributed by atoms with van der Waals surface area (Å²) < 4.78 is 3.57. The number of hydrogen-bond acceptors (Lipinski definition) is 5. The van der Waals surface area contributed by atoms with Crippen molar-refractivity contribution in [2.75, 3.05) is 0 Å². The Balaban J connectivity index is 1.73. The van der Waals surface area contributed by atoms with Gasteiger partial charge in [-0.2, -0.15) is 5.10 Å². The predicted molar refractivity (Wildman–Crippen MR) is 107 cm³/mol. The number of imidazole rings is 1. The number of carbonyl (C=O) groups is 1. The van der Waals surface area contributed by atoms with Gasteiger partial charge >= 0.3 is 5.69 Å². The molecule has 3 aromatic rings. The van der Waals surface area contributed by atoms with Crippen LogP contribution in [-0.2, 0) is 25.4 Å². The Hall–Kier alpha value is -3.46. The maximum Gasteiger partial charge on any atom is 0.332 e. The minimum Gasteiger partial charge on any atom is -0.315 e. The van der Waals surface area contributed by atoms with Crippen molar-refractivity contribution in [2.45, 2.75) is 6.54 Å². The monoisotopic (exact) mass is 400 g/mol. The number of halogens is 1. The number of fused-ring (bicyclic) bond motifs is 1. The smallest absolute Gasteiger partial charge is 0.315 e. The van der Waals surface area contributed by atoms with Crippen LogP contribution in [0.3, 0.4) is 0 Å². The maximum absolute atomic E-state index is 12.3. The van der Waals surface area contributed by atoms with Crippen molar-refractivity contribution in [3.05, 3.63) is 68.1 Å². The molecule has 0 spiro atoms. The standard InChI is InChI=1S/C18H17ClN6O3/c1-23-16-15(17(27)24(2)18(23)28)25(11-20-16)10-14(26)22-21-9-13(19)8-12-6-4-3-5-7-12/h3-9,11H,10H2,1-2H3,(H,22,26)/b13-8-,21-9?. The number of carbonyl (C=O) groups excluding carboxylic acids is 1. The molecule has 144 valence electrons. The Labute approximate surface area is 164 Å². The topological polar surface area (TPSA) is 103 Å². The van der Waals surface area contributed by atoms with E-state index in [0.717, 1.165) is 10.1 Å². The molecule has 0 bridgehead atoms. The van der Waals surface area contributed by atoms with E-state index < -0.39 is 17.2 Å². The maximum atomic E-state index is 12.3. The van der Waals surface area contributed by atoms with Gasteiger partial charge in [-0.1, -0.05) is 41.9 Å². The van der Waals surface area contributed by atoms with E-state index in [1.807, 2.05) is 30.3 Å². The van der Waals surface area contributed by atoms with Gasteiger partial charge in [-0.3, -0.25) is 18.7 Å². The first kappa shape index (κ1) is 19.3. The number of hydrazone groups is 1. The van der Waals surface area contributed by atoms with Gasteiger partial charge in [0.15, 0.2) is 11.2 Å². The zero-order valence-corrected chi connectivity index (χ0v) is 15.9. The Morgan fingerprint density at radius 2 is 1.93 bits per heavy atom. The molecule has 1 aromatic carbocycles. The molecule has 1 N–H and O–H groups in total. The lowest BCUT2D eigenvalue weighted by atomic mass is 10.2. The van der Waals surface area contributed by atoms with Crippen molar-refractivity contribution in [2.24, 2.45) is 19.2 Å². The fraction of sp³-hybridized carbons (Fsp3) is 0.167.